The van der Waals surface area contributed by atoms with Crippen molar-refractivity contribution in [1.29, 1.82) is 0 Å². The normalized spacial score (nSPS) is 27.6. The summed E-state index contributed by atoms with van der Waals surface area (Å²) in [5.74, 6) is 0. The van der Waals surface area contributed by atoms with Gasteiger partial charge in [0.1, 0.15) is 12.3 Å². The van der Waals surface area contributed by atoms with Gasteiger partial charge in [0.2, 0.25) is 0 Å². The number of benzene rings is 2. The Hall–Kier alpha value is -1.88. The Balaban J connectivity index is 1.51. The zero-order chi connectivity index (χ0) is 17.2. The van der Waals surface area contributed by atoms with Crippen molar-refractivity contribution in [2.24, 2.45) is 0 Å². The topological polar surface area (TPSA) is 24.9 Å². The van der Waals surface area contributed by atoms with E-state index in [1.807, 2.05) is 0 Å². The highest BCUT2D eigenvalue weighted by atomic mass is 16.5. The number of rotatable bonds is 3. The van der Waals surface area contributed by atoms with E-state index in [-0.39, 0.29) is 12.3 Å². The van der Waals surface area contributed by atoms with Gasteiger partial charge in [-0.1, -0.05) is 42.5 Å². The first-order valence-corrected chi connectivity index (χ1v) is 9.09. The van der Waals surface area contributed by atoms with Gasteiger partial charge < -0.3 is 14.4 Å². The standard InChI is InChI=1S/C21H26N2O2/c1-16-20(17-6-4-3-5-7-17)25-21(22(16)2)18-8-10-19(11-9-18)23-12-14-24-15-13-23/h3-11,16,20-21H,12-15H2,1-2H3. The van der Waals surface area contributed by atoms with E-state index in [1.165, 1.54) is 16.8 Å². The van der Waals surface area contributed by atoms with Crippen molar-refractivity contribution in [3.8, 4) is 0 Å². The van der Waals surface area contributed by atoms with Crippen LogP contribution in [0.15, 0.2) is 54.6 Å². The van der Waals surface area contributed by atoms with Crippen LogP contribution < -0.4 is 4.90 Å². The lowest BCUT2D eigenvalue weighted by molar-refractivity contribution is 0.00560. The molecular weight excluding hydrogens is 312 g/mol. The lowest BCUT2D eigenvalue weighted by Crippen LogP contribution is -2.36. The van der Waals surface area contributed by atoms with E-state index in [1.54, 1.807) is 0 Å². The van der Waals surface area contributed by atoms with E-state index in [9.17, 15) is 0 Å². The average Bonchev–Trinajstić information content (AvgIpc) is 2.98. The van der Waals surface area contributed by atoms with Gasteiger partial charge in [-0.15, -0.1) is 0 Å². The summed E-state index contributed by atoms with van der Waals surface area (Å²) >= 11 is 0. The van der Waals surface area contributed by atoms with Gasteiger partial charge in [0.25, 0.3) is 0 Å². The van der Waals surface area contributed by atoms with Crippen LogP contribution in [-0.2, 0) is 9.47 Å². The Morgan fingerprint density at radius 2 is 1.56 bits per heavy atom. The van der Waals surface area contributed by atoms with E-state index in [4.69, 9.17) is 9.47 Å². The molecule has 0 aliphatic carbocycles. The summed E-state index contributed by atoms with van der Waals surface area (Å²) in [6.45, 7) is 5.79. The lowest BCUT2D eigenvalue weighted by atomic mass is 10.0. The van der Waals surface area contributed by atoms with Gasteiger partial charge in [0.05, 0.1) is 13.2 Å². The summed E-state index contributed by atoms with van der Waals surface area (Å²) in [7, 11) is 2.15. The fourth-order valence-electron chi connectivity index (χ4n) is 3.76. The third-order valence-corrected chi connectivity index (χ3v) is 5.41. The molecule has 0 spiro atoms. The van der Waals surface area contributed by atoms with Crippen molar-refractivity contribution in [2.45, 2.75) is 25.3 Å². The summed E-state index contributed by atoms with van der Waals surface area (Å²) in [6, 6.07) is 19.7. The van der Waals surface area contributed by atoms with E-state index in [0.29, 0.717) is 6.04 Å². The van der Waals surface area contributed by atoms with Gasteiger partial charge in [-0.05, 0) is 37.2 Å². The fraction of sp³-hybridized carbons (Fsp3) is 0.429. The third-order valence-electron chi connectivity index (χ3n) is 5.41. The van der Waals surface area contributed by atoms with Crippen LogP contribution in [0.4, 0.5) is 5.69 Å². The number of ether oxygens (including phenoxy) is 2. The number of hydrogen-bond acceptors (Lipinski definition) is 4. The Morgan fingerprint density at radius 3 is 2.24 bits per heavy atom. The molecule has 0 saturated carbocycles. The van der Waals surface area contributed by atoms with Crippen LogP contribution in [0.5, 0.6) is 0 Å². The molecule has 4 nitrogen and oxygen atoms in total. The molecule has 2 aromatic carbocycles. The minimum atomic E-state index is -0.000977. The van der Waals surface area contributed by atoms with Crippen LogP contribution in [0.1, 0.15) is 30.4 Å². The van der Waals surface area contributed by atoms with Gasteiger partial charge in [-0.2, -0.15) is 0 Å². The smallest absolute Gasteiger partial charge is 0.137 e. The first-order valence-electron chi connectivity index (χ1n) is 9.09. The summed E-state index contributed by atoms with van der Waals surface area (Å²) in [6.07, 6.45) is 0.106. The molecule has 2 aliphatic heterocycles. The lowest BCUT2D eigenvalue weighted by Gasteiger charge is -2.29. The monoisotopic (exact) mass is 338 g/mol. The largest absolute Gasteiger partial charge is 0.378 e. The molecule has 2 heterocycles. The number of likely N-dealkylation sites (N-methyl/N-ethyl adjacent to an activating group) is 1. The molecule has 2 aliphatic rings. The molecule has 0 bridgehead atoms. The highest BCUT2D eigenvalue weighted by Gasteiger charge is 2.38. The second-order valence-electron chi connectivity index (χ2n) is 6.92. The van der Waals surface area contributed by atoms with Gasteiger partial charge in [-0.3, -0.25) is 4.90 Å². The van der Waals surface area contributed by atoms with Crippen LogP contribution >= 0.6 is 0 Å². The second-order valence-corrected chi connectivity index (χ2v) is 6.92. The molecule has 2 aromatic rings. The number of morpholine rings is 1. The first-order chi connectivity index (χ1) is 12.2. The molecule has 3 atom stereocenters. The Bertz CT molecular complexity index is 683. The first kappa shape index (κ1) is 16.6. The Kier molecular flexibility index (Phi) is 4.75. The van der Waals surface area contributed by atoms with E-state index in [0.717, 1.165) is 26.3 Å². The summed E-state index contributed by atoms with van der Waals surface area (Å²) in [4.78, 5) is 4.70. The van der Waals surface area contributed by atoms with Gasteiger partial charge >= 0.3 is 0 Å². The minimum Gasteiger partial charge on any atom is -0.378 e. The van der Waals surface area contributed by atoms with Crippen LogP contribution in [0.2, 0.25) is 0 Å². The van der Waals surface area contributed by atoms with E-state index < -0.39 is 0 Å². The SMILES string of the molecule is CC1C(c2ccccc2)OC(c2ccc(N3CCOCC3)cc2)N1C. The molecular formula is C21H26N2O2. The third kappa shape index (κ3) is 3.30. The summed E-state index contributed by atoms with van der Waals surface area (Å²) in [5.41, 5.74) is 3.72. The van der Waals surface area contributed by atoms with E-state index in [2.05, 4.69) is 78.4 Å². The number of anilines is 1. The fourth-order valence-corrected chi connectivity index (χ4v) is 3.76. The molecule has 25 heavy (non-hydrogen) atoms. The molecule has 2 fully saturated rings. The predicted octanol–water partition coefficient (Wildman–Crippen LogP) is 3.61. The summed E-state index contributed by atoms with van der Waals surface area (Å²) in [5, 5.41) is 0. The Labute approximate surface area is 150 Å². The Morgan fingerprint density at radius 1 is 0.880 bits per heavy atom. The summed E-state index contributed by atoms with van der Waals surface area (Å²) < 4.78 is 11.9. The van der Waals surface area contributed by atoms with Gasteiger partial charge in [-0.25, -0.2) is 0 Å². The van der Waals surface area contributed by atoms with Crippen molar-refractivity contribution in [3.05, 3.63) is 65.7 Å². The molecule has 0 radical (unpaired) electrons. The van der Waals surface area contributed by atoms with E-state index >= 15 is 0 Å². The van der Waals surface area contributed by atoms with Crippen LogP contribution in [-0.4, -0.2) is 44.3 Å². The van der Waals surface area contributed by atoms with Crippen LogP contribution in [0.3, 0.4) is 0 Å². The molecule has 4 heteroatoms. The maximum atomic E-state index is 6.44. The second kappa shape index (κ2) is 7.16. The predicted molar refractivity (Wildman–Crippen MR) is 99.7 cm³/mol. The van der Waals surface area contributed by atoms with Crippen LogP contribution in [0.25, 0.3) is 0 Å². The molecule has 0 amide bonds. The van der Waals surface area contributed by atoms with Crippen molar-refractivity contribution >= 4 is 5.69 Å². The maximum absolute atomic E-state index is 6.44. The molecule has 2 saturated heterocycles. The maximum Gasteiger partial charge on any atom is 0.137 e. The van der Waals surface area contributed by atoms with Crippen molar-refractivity contribution < 1.29 is 9.47 Å². The quantitative estimate of drug-likeness (QED) is 0.853. The average molecular weight is 338 g/mol. The number of hydrogen-bond donors (Lipinski definition) is 0. The molecule has 3 unspecified atom stereocenters. The molecule has 132 valence electrons. The van der Waals surface area contributed by atoms with Crippen molar-refractivity contribution in [1.82, 2.24) is 4.90 Å². The number of nitrogens with zero attached hydrogens (tertiary/aromatic N) is 2. The van der Waals surface area contributed by atoms with Crippen LogP contribution in [0, 0.1) is 0 Å². The zero-order valence-electron chi connectivity index (χ0n) is 15.0. The molecule has 0 aromatic heterocycles. The zero-order valence-corrected chi connectivity index (χ0v) is 15.0. The van der Waals surface area contributed by atoms with Gasteiger partial charge in [0, 0.05) is 24.8 Å². The molecule has 0 N–H and O–H groups in total. The highest BCUT2D eigenvalue weighted by Crippen LogP contribution is 2.41. The highest BCUT2D eigenvalue weighted by molar-refractivity contribution is 5.48. The van der Waals surface area contributed by atoms with Crippen molar-refractivity contribution in [2.75, 3.05) is 38.3 Å². The van der Waals surface area contributed by atoms with Crippen molar-refractivity contribution in [3.63, 3.8) is 0 Å². The van der Waals surface area contributed by atoms with Gasteiger partial charge in [0.15, 0.2) is 0 Å². The molecule has 4 rings (SSSR count). The minimum absolute atomic E-state index is 0.000977.